The van der Waals surface area contributed by atoms with Crippen LogP contribution >= 0.6 is 0 Å². The van der Waals surface area contributed by atoms with Gasteiger partial charge in [0.1, 0.15) is 6.61 Å². The second kappa shape index (κ2) is 2.75. The van der Waals surface area contributed by atoms with E-state index in [-0.39, 0.29) is 6.61 Å². The molecule has 0 atom stereocenters. The molecule has 0 aliphatic carbocycles. The Bertz CT molecular complexity index is 177. The van der Waals surface area contributed by atoms with Crippen LogP contribution in [0.4, 0.5) is 8.78 Å². The van der Waals surface area contributed by atoms with Gasteiger partial charge in [-0.3, -0.25) is 0 Å². The maximum Gasteiger partial charge on any atom is 0.323 e. The zero-order valence-corrected chi connectivity index (χ0v) is 6.60. The Morgan fingerprint density at radius 1 is 1.55 bits per heavy atom. The molecular weight excluding hydrogens is 152 g/mol. The molecule has 0 saturated heterocycles. The van der Waals surface area contributed by atoms with Gasteiger partial charge >= 0.3 is 5.92 Å². The molecule has 2 nitrogen and oxygen atoms in total. The van der Waals surface area contributed by atoms with Crippen molar-refractivity contribution in [3.05, 3.63) is 0 Å². The quantitative estimate of drug-likeness (QED) is 0.607. The van der Waals surface area contributed by atoms with Gasteiger partial charge in [0.25, 0.3) is 5.90 Å². The summed E-state index contributed by atoms with van der Waals surface area (Å²) in [7, 11) is 0. The van der Waals surface area contributed by atoms with Crippen LogP contribution in [0.1, 0.15) is 13.8 Å². The van der Waals surface area contributed by atoms with E-state index in [9.17, 15) is 8.78 Å². The normalized spacial score (nSPS) is 18.5. The molecule has 1 rings (SSSR count). The van der Waals surface area contributed by atoms with Crippen molar-refractivity contribution in [3.8, 4) is 0 Å². The van der Waals surface area contributed by atoms with E-state index in [0.717, 1.165) is 0 Å². The zero-order chi connectivity index (χ0) is 8.48. The van der Waals surface area contributed by atoms with Gasteiger partial charge in [0.2, 0.25) is 0 Å². The first-order chi connectivity index (χ1) is 5.05. The molecule has 0 spiro atoms. The minimum absolute atomic E-state index is 0.289. The topological polar surface area (TPSA) is 21.6 Å². The third kappa shape index (κ3) is 1.49. The molecule has 0 aromatic heterocycles. The fraction of sp³-hybridized carbons (Fsp3) is 0.857. The molecule has 0 aromatic rings. The molecule has 0 saturated carbocycles. The molecule has 0 radical (unpaired) electrons. The molecule has 0 amide bonds. The second-order valence-electron chi connectivity index (χ2n) is 2.81. The highest BCUT2D eigenvalue weighted by Crippen LogP contribution is 2.27. The Labute approximate surface area is 64.3 Å². The number of hydrogen-bond acceptors (Lipinski definition) is 2. The van der Waals surface area contributed by atoms with Crippen molar-refractivity contribution in [2.75, 3.05) is 13.2 Å². The number of alkyl halides is 2. The van der Waals surface area contributed by atoms with Crippen LogP contribution < -0.4 is 0 Å². The molecule has 0 fully saturated rings. The molecule has 1 aliphatic heterocycles. The number of rotatable bonds is 2. The lowest BCUT2D eigenvalue weighted by Crippen LogP contribution is -2.34. The summed E-state index contributed by atoms with van der Waals surface area (Å²) in [4.78, 5) is 3.57. The number of halogens is 2. The highest BCUT2D eigenvalue weighted by Gasteiger charge is 2.42. The fourth-order valence-electron chi connectivity index (χ4n) is 0.784. The van der Waals surface area contributed by atoms with Gasteiger partial charge in [0.05, 0.1) is 6.54 Å². The van der Waals surface area contributed by atoms with E-state index in [1.165, 1.54) is 13.8 Å². The van der Waals surface area contributed by atoms with E-state index in [1.807, 2.05) is 0 Å². The lowest BCUT2D eigenvalue weighted by molar-refractivity contribution is 0.00662. The number of ether oxygens (including phenoxy) is 1. The Balaban J connectivity index is 2.70. The highest BCUT2D eigenvalue weighted by molar-refractivity contribution is 5.84. The highest BCUT2D eigenvalue weighted by atomic mass is 19.3. The van der Waals surface area contributed by atoms with Crippen molar-refractivity contribution in [2.45, 2.75) is 19.8 Å². The summed E-state index contributed by atoms with van der Waals surface area (Å²) in [5, 5.41) is 0. The molecule has 0 bridgehead atoms. The van der Waals surface area contributed by atoms with Crippen LogP contribution in [0.25, 0.3) is 0 Å². The van der Waals surface area contributed by atoms with E-state index < -0.39 is 17.7 Å². The number of nitrogens with zero attached hydrogens (tertiary/aromatic N) is 1. The molecule has 0 aromatic carbocycles. The lowest BCUT2D eigenvalue weighted by Gasteiger charge is -2.18. The predicted octanol–water partition coefficient (Wildman–Crippen LogP) is 1.71. The third-order valence-corrected chi connectivity index (χ3v) is 1.60. The second-order valence-corrected chi connectivity index (χ2v) is 2.81. The largest absolute Gasteiger partial charge is 0.475 e. The molecule has 11 heavy (non-hydrogen) atoms. The molecule has 1 heterocycles. The van der Waals surface area contributed by atoms with Gasteiger partial charge in [-0.1, -0.05) is 13.8 Å². The summed E-state index contributed by atoms with van der Waals surface area (Å²) in [6, 6.07) is 0. The van der Waals surface area contributed by atoms with E-state index in [2.05, 4.69) is 9.73 Å². The van der Waals surface area contributed by atoms with Crippen LogP contribution in [-0.2, 0) is 4.74 Å². The van der Waals surface area contributed by atoms with Crippen LogP contribution in [0.5, 0.6) is 0 Å². The summed E-state index contributed by atoms with van der Waals surface area (Å²) >= 11 is 0. The average Bonchev–Trinajstić information content (AvgIpc) is 2.37. The Kier molecular flexibility index (Phi) is 2.11. The van der Waals surface area contributed by atoms with E-state index in [0.29, 0.717) is 6.54 Å². The first kappa shape index (κ1) is 8.43. The molecular formula is C7H11F2NO. The van der Waals surface area contributed by atoms with Gasteiger partial charge in [-0.05, 0) is 0 Å². The molecule has 4 heteroatoms. The van der Waals surface area contributed by atoms with Crippen LogP contribution in [0, 0.1) is 5.92 Å². The minimum Gasteiger partial charge on any atom is -0.475 e. The maximum absolute atomic E-state index is 13.0. The monoisotopic (exact) mass is 163 g/mol. The van der Waals surface area contributed by atoms with E-state index in [1.54, 1.807) is 0 Å². The summed E-state index contributed by atoms with van der Waals surface area (Å²) in [5.41, 5.74) is 0. The maximum atomic E-state index is 13.0. The SMILES string of the molecule is CC(C)C(F)(F)C1=NCCO1. The van der Waals surface area contributed by atoms with E-state index in [4.69, 9.17) is 0 Å². The Morgan fingerprint density at radius 3 is 2.55 bits per heavy atom. The molecule has 0 unspecified atom stereocenters. The van der Waals surface area contributed by atoms with Gasteiger partial charge in [-0.15, -0.1) is 0 Å². The van der Waals surface area contributed by atoms with Crippen molar-refractivity contribution in [1.29, 1.82) is 0 Å². The van der Waals surface area contributed by atoms with Crippen molar-refractivity contribution in [2.24, 2.45) is 10.9 Å². The van der Waals surface area contributed by atoms with Gasteiger partial charge < -0.3 is 4.74 Å². The van der Waals surface area contributed by atoms with E-state index >= 15 is 0 Å². The smallest absolute Gasteiger partial charge is 0.323 e. The Hall–Kier alpha value is -0.670. The average molecular weight is 163 g/mol. The Morgan fingerprint density at radius 2 is 2.18 bits per heavy atom. The summed E-state index contributed by atoms with van der Waals surface area (Å²) < 4.78 is 30.7. The van der Waals surface area contributed by atoms with Gasteiger partial charge in [0, 0.05) is 5.92 Å². The summed E-state index contributed by atoms with van der Waals surface area (Å²) in [5.74, 6) is -4.04. The predicted molar refractivity (Wildman–Crippen MR) is 38.0 cm³/mol. The van der Waals surface area contributed by atoms with Crippen molar-refractivity contribution >= 4 is 5.90 Å². The molecule has 64 valence electrons. The van der Waals surface area contributed by atoms with Crippen LogP contribution in [0.3, 0.4) is 0 Å². The van der Waals surface area contributed by atoms with Crippen LogP contribution in [0.15, 0.2) is 4.99 Å². The number of hydrogen-bond donors (Lipinski definition) is 0. The third-order valence-electron chi connectivity index (χ3n) is 1.60. The zero-order valence-electron chi connectivity index (χ0n) is 6.60. The summed E-state index contributed by atoms with van der Waals surface area (Å²) in [6.45, 7) is 3.55. The fourth-order valence-corrected chi connectivity index (χ4v) is 0.784. The molecule has 1 aliphatic rings. The minimum atomic E-state index is -2.89. The van der Waals surface area contributed by atoms with Gasteiger partial charge in [-0.2, -0.15) is 8.78 Å². The van der Waals surface area contributed by atoms with Crippen molar-refractivity contribution in [3.63, 3.8) is 0 Å². The van der Waals surface area contributed by atoms with Gasteiger partial charge in [-0.25, -0.2) is 4.99 Å². The number of aliphatic imine (C=N–C) groups is 1. The van der Waals surface area contributed by atoms with Crippen molar-refractivity contribution < 1.29 is 13.5 Å². The van der Waals surface area contributed by atoms with Crippen molar-refractivity contribution in [1.82, 2.24) is 0 Å². The summed E-state index contributed by atoms with van der Waals surface area (Å²) in [6.07, 6.45) is 0. The standard InChI is InChI=1S/C7H11F2NO/c1-5(2)7(8,9)6-10-3-4-11-6/h5H,3-4H2,1-2H3. The first-order valence-electron chi connectivity index (χ1n) is 3.60. The van der Waals surface area contributed by atoms with Gasteiger partial charge in [0.15, 0.2) is 0 Å². The van der Waals surface area contributed by atoms with Crippen LogP contribution in [0.2, 0.25) is 0 Å². The first-order valence-corrected chi connectivity index (χ1v) is 3.60. The molecule has 0 N–H and O–H groups in total. The lowest BCUT2D eigenvalue weighted by atomic mass is 10.1. The van der Waals surface area contributed by atoms with Crippen LogP contribution in [-0.4, -0.2) is 25.0 Å².